The molecule has 2 rings (SSSR count). The summed E-state index contributed by atoms with van der Waals surface area (Å²) in [7, 11) is 0. The van der Waals surface area contributed by atoms with Crippen molar-refractivity contribution < 1.29 is 9.53 Å². The summed E-state index contributed by atoms with van der Waals surface area (Å²) < 4.78 is 5.43. The molecule has 1 aromatic heterocycles. The third kappa shape index (κ3) is 4.84. The lowest BCUT2D eigenvalue weighted by Crippen LogP contribution is -2.25. The molecule has 0 saturated heterocycles. The van der Waals surface area contributed by atoms with Gasteiger partial charge in [0.25, 0.3) is 0 Å². The molecule has 112 valence electrons. The van der Waals surface area contributed by atoms with Crippen LogP contribution in [0, 0.1) is 0 Å². The normalized spacial score (nSPS) is 10.5. The van der Waals surface area contributed by atoms with Gasteiger partial charge in [-0.2, -0.15) is 0 Å². The minimum atomic E-state index is -0.0634. The van der Waals surface area contributed by atoms with E-state index in [2.05, 4.69) is 10.3 Å². The second-order valence-electron chi connectivity index (χ2n) is 4.54. The Morgan fingerprint density at radius 3 is 2.81 bits per heavy atom. The highest BCUT2D eigenvalue weighted by atomic mass is 32.1. The number of thiazole rings is 1. The number of aromatic nitrogens is 1. The Morgan fingerprint density at radius 2 is 2.14 bits per heavy atom. The van der Waals surface area contributed by atoms with E-state index in [-0.39, 0.29) is 12.3 Å². The van der Waals surface area contributed by atoms with E-state index in [0.717, 1.165) is 11.1 Å². The van der Waals surface area contributed by atoms with Crippen LogP contribution >= 0.6 is 11.3 Å². The zero-order chi connectivity index (χ0) is 15.1. The summed E-state index contributed by atoms with van der Waals surface area (Å²) in [5, 5.41) is 5.19. The zero-order valence-corrected chi connectivity index (χ0v) is 12.8. The fourth-order valence-electron chi connectivity index (χ4n) is 1.91. The van der Waals surface area contributed by atoms with Crippen LogP contribution in [0.5, 0.6) is 0 Å². The number of nitrogen functional groups attached to an aromatic ring is 1. The van der Waals surface area contributed by atoms with Gasteiger partial charge in [0, 0.05) is 18.5 Å². The standard InChI is InChI=1S/C15H19N3O2S/c1-2-20-9-12-6-4-3-5-11(12)8-17-14(19)7-13-10-21-15(16)18-13/h3-6,10H,2,7-9H2,1H3,(H2,16,18)(H,17,19). The van der Waals surface area contributed by atoms with Gasteiger partial charge in [0.05, 0.1) is 18.7 Å². The average Bonchev–Trinajstić information content (AvgIpc) is 2.89. The number of nitrogens with one attached hydrogen (secondary N) is 1. The summed E-state index contributed by atoms with van der Waals surface area (Å²) in [6.45, 7) is 3.68. The first-order chi connectivity index (χ1) is 10.2. The molecule has 0 fully saturated rings. The van der Waals surface area contributed by atoms with Crippen LogP contribution in [0.25, 0.3) is 0 Å². The molecular formula is C15H19N3O2S. The molecule has 0 spiro atoms. The van der Waals surface area contributed by atoms with Gasteiger partial charge in [-0.05, 0) is 18.1 Å². The van der Waals surface area contributed by atoms with Crippen LogP contribution in [0.2, 0.25) is 0 Å². The zero-order valence-electron chi connectivity index (χ0n) is 12.0. The number of benzene rings is 1. The SMILES string of the molecule is CCOCc1ccccc1CNC(=O)Cc1csc(N)n1. The number of nitrogens with zero attached hydrogens (tertiary/aromatic N) is 1. The summed E-state index contributed by atoms with van der Waals surface area (Å²) in [6.07, 6.45) is 0.251. The molecule has 0 aliphatic rings. The monoisotopic (exact) mass is 305 g/mol. The smallest absolute Gasteiger partial charge is 0.226 e. The Balaban J connectivity index is 1.88. The predicted octanol–water partition coefficient (Wildman–Crippen LogP) is 2.12. The number of hydrogen-bond donors (Lipinski definition) is 2. The van der Waals surface area contributed by atoms with Crippen molar-refractivity contribution >= 4 is 22.4 Å². The second-order valence-corrected chi connectivity index (χ2v) is 5.43. The number of anilines is 1. The minimum Gasteiger partial charge on any atom is -0.377 e. The molecule has 21 heavy (non-hydrogen) atoms. The lowest BCUT2D eigenvalue weighted by atomic mass is 10.1. The molecule has 0 aliphatic carbocycles. The van der Waals surface area contributed by atoms with Gasteiger partial charge in [-0.1, -0.05) is 24.3 Å². The third-order valence-corrected chi connectivity index (χ3v) is 3.69. The van der Waals surface area contributed by atoms with Gasteiger partial charge in [-0.15, -0.1) is 11.3 Å². The van der Waals surface area contributed by atoms with E-state index >= 15 is 0 Å². The van der Waals surface area contributed by atoms with Crippen molar-refractivity contribution in [3.63, 3.8) is 0 Å². The number of carbonyl (C=O) groups is 1. The summed E-state index contributed by atoms with van der Waals surface area (Å²) in [4.78, 5) is 16.0. The summed E-state index contributed by atoms with van der Waals surface area (Å²) >= 11 is 1.34. The van der Waals surface area contributed by atoms with Crippen molar-refractivity contribution in [2.75, 3.05) is 12.3 Å². The number of amides is 1. The van der Waals surface area contributed by atoms with Crippen LogP contribution in [0.4, 0.5) is 5.13 Å². The predicted molar refractivity (Wildman–Crippen MR) is 83.8 cm³/mol. The quantitative estimate of drug-likeness (QED) is 0.821. The van der Waals surface area contributed by atoms with Crippen LogP contribution in [0.3, 0.4) is 0 Å². The number of carbonyl (C=O) groups excluding carboxylic acids is 1. The van der Waals surface area contributed by atoms with Gasteiger partial charge in [-0.3, -0.25) is 4.79 Å². The molecule has 0 radical (unpaired) electrons. The van der Waals surface area contributed by atoms with Gasteiger partial charge >= 0.3 is 0 Å². The minimum absolute atomic E-state index is 0.0634. The first-order valence-corrected chi connectivity index (χ1v) is 7.68. The molecule has 0 aliphatic heterocycles. The van der Waals surface area contributed by atoms with E-state index in [0.29, 0.717) is 30.6 Å². The van der Waals surface area contributed by atoms with Crippen molar-refractivity contribution in [3.05, 3.63) is 46.5 Å². The summed E-state index contributed by atoms with van der Waals surface area (Å²) in [5.41, 5.74) is 8.42. The molecular weight excluding hydrogens is 286 g/mol. The van der Waals surface area contributed by atoms with Crippen LogP contribution < -0.4 is 11.1 Å². The maximum absolute atomic E-state index is 11.9. The molecule has 0 bridgehead atoms. The van der Waals surface area contributed by atoms with Crippen molar-refractivity contribution in [3.8, 4) is 0 Å². The van der Waals surface area contributed by atoms with Crippen LogP contribution in [-0.4, -0.2) is 17.5 Å². The summed E-state index contributed by atoms with van der Waals surface area (Å²) in [6, 6.07) is 7.93. The Kier molecular flexibility index (Phi) is 5.71. The molecule has 0 unspecified atom stereocenters. The number of ether oxygens (including phenoxy) is 1. The maximum Gasteiger partial charge on any atom is 0.226 e. The highest BCUT2D eigenvalue weighted by molar-refractivity contribution is 7.13. The van der Waals surface area contributed by atoms with Crippen LogP contribution in [0.1, 0.15) is 23.7 Å². The van der Waals surface area contributed by atoms with Crippen LogP contribution in [0.15, 0.2) is 29.6 Å². The summed E-state index contributed by atoms with van der Waals surface area (Å²) in [5.74, 6) is -0.0634. The molecule has 1 aromatic carbocycles. The van der Waals surface area contributed by atoms with E-state index in [1.165, 1.54) is 11.3 Å². The number of hydrogen-bond acceptors (Lipinski definition) is 5. The fraction of sp³-hybridized carbons (Fsp3) is 0.333. The van der Waals surface area contributed by atoms with Gasteiger partial charge in [-0.25, -0.2) is 4.98 Å². The highest BCUT2D eigenvalue weighted by Gasteiger charge is 2.08. The Bertz CT molecular complexity index is 598. The lowest BCUT2D eigenvalue weighted by Gasteiger charge is -2.10. The van der Waals surface area contributed by atoms with E-state index in [4.69, 9.17) is 10.5 Å². The van der Waals surface area contributed by atoms with Crippen molar-refractivity contribution in [1.82, 2.24) is 10.3 Å². The molecule has 1 heterocycles. The van der Waals surface area contributed by atoms with Gasteiger partial charge in [0.1, 0.15) is 0 Å². The van der Waals surface area contributed by atoms with E-state index in [1.807, 2.05) is 31.2 Å². The van der Waals surface area contributed by atoms with Crippen LogP contribution in [-0.2, 0) is 29.1 Å². The molecule has 2 aromatic rings. The Morgan fingerprint density at radius 1 is 1.38 bits per heavy atom. The van der Waals surface area contributed by atoms with E-state index in [1.54, 1.807) is 5.38 Å². The van der Waals surface area contributed by atoms with Crippen molar-refractivity contribution in [2.45, 2.75) is 26.5 Å². The van der Waals surface area contributed by atoms with E-state index in [9.17, 15) is 4.79 Å². The molecule has 0 saturated carbocycles. The number of rotatable bonds is 7. The molecule has 0 atom stereocenters. The van der Waals surface area contributed by atoms with Crippen molar-refractivity contribution in [1.29, 1.82) is 0 Å². The molecule has 3 N–H and O–H groups in total. The number of nitrogens with two attached hydrogens (primary N) is 1. The van der Waals surface area contributed by atoms with Gasteiger partial charge in [0.15, 0.2) is 5.13 Å². The first-order valence-electron chi connectivity index (χ1n) is 6.80. The highest BCUT2D eigenvalue weighted by Crippen LogP contribution is 2.12. The lowest BCUT2D eigenvalue weighted by molar-refractivity contribution is -0.120. The van der Waals surface area contributed by atoms with Gasteiger partial charge in [0.2, 0.25) is 5.91 Å². The average molecular weight is 305 g/mol. The molecule has 6 heteroatoms. The Hall–Kier alpha value is -1.92. The third-order valence-electron chi connectivity index (χ3n) is 2.97. The fourth-order valence-corrected chi connectivity index (χ4v) is 2.47. The second kappa shape index (κ2) is 7.75. The van der Waals surface area contributed by atoms with Crippen molar-refractivity contribution in [2.24, 2.45) is 0 Å². The van der Waals surface area contributed by atoms with E-state index < -0.39 is 0 Å². The van der Waals surface area contributed by atoms with Gasteiger partial charge < -0.3 is 15.8 Å². The largest absolute Gasteiger partial charge is 0.377 e. The topological polar surface area (TPSA) is 77.2 Å². The Labute approximate surface area is 128 Å². The maximum atomic E-state index is 11.9. The first kappa shape index (κ1) is 15.5. The molecule has 1 amide bonds. The molecule has 5 nitrogen and oxygen atoms in total.